The Hall–Kier alpha value is -3.61. The molecular formula is C21H20N4O3. The molecule has 28 heavy (non-hydrogen) atoms. The van der Waals surface area contributed by atoms with Gasteiger partial charge < -0.3 is 10.1 Å². The third-order valence-electron chi connectivity index (χ3n) is 4.66. The van der Waals surface area contributed by atoms with Crippen molar-refractivity contribution in [2.24, 2.45) is 0 Å². The Kier molecular flexibility index (Phi) is 4.80. The second kappa shape index (κ2) is 7.56. The molecule has 2 amide bonds. The molecule has 0 spiro atoms. The molecule has 3 aromatic rings. The number of benzene rings is 2. The van der Waals surface area contributed by atoms with E-state index in [9.17, 15) is 9.59 Å². The van der Waals surface area contributed by atoms with Gasteiger partial charge in [-0.25, -0.2) is 9.48 Å². The molecule has 0 bridgehead atoms. The fraction of sp³-hybridized carbons (Fsp3) is 0.190. The lowest BCUT2D eigenvalue weighted by molar-refractivity contribution is -0.116. The Morgan fingerprint density at radius 3 is 2.96 bits per heavy atom. The zero-order valence-electron chi connectivity index (χ0n) is 15.4. The summed E-state index contributed by atoms with van der Waals surface area (Å²) < 4.78 is 6.70. The van der Waals surface area contributed by atoms with Crippen molar-refractivity contribution in [2.75, 3.05) is 17.2 Å². The van der Waals surface area contributed by atoms with Gasteiger partial charge in [-0.3, -0.25) is 10.1 Å². The average Bonchev–Trinajstić information content (AvgIpc) is 3.22. The molecule has 7 heteroatoms. The lowest BCUT2D eigenvalue weighted by Gasteiger charge is -2.27. The SMILES string of the molecule is CCOC(=O)Nc1ccc2c(c1)NC(=O)C[C@@H]2c1cccc(-n2cccn2)c1. The first-order valence-electron chi connectivity index (χ1n) is 9.11. The summed E-state index contributed by atoms with van der Waals surface area (Å²) in [5.41, 5.74) is 4.25. The van der Waals surface area contributed by atoms with Gasteiger partial charge in [0.25, 0.3) is 0 Å². The summed E-state index contributed by atoms with van der Waals surface area (Å²) in [6, 6.07) is 15.4. The van der Waals surface area contributed by atoms with E-state index in [2.05, 4.69) is 15.7 Å². The first-order valence-corrected chi connectivity index (χ1v) is 9.11. The molecule has 1 aliphatic heterocycles. The molecule has 4 rings (SSSR count). The quantitative estimate of drug-likeness (QED) is 0.723. The van der Waals surface area contributed by atoms with Crippen molar-refractivity contribution in [1.29, 1.82) is 0 Å². The zero-order chi connectivity index (χ0) is 19.5. The number of anilines is 2. The average molecular weight is 376 g/mol. The molecule has 2 heterocycles. The summed E-state index contributed by atoms with van der Waals surface area (Å²) in [7, 11) is 0. The fourth-order valence-electron chi connectivity index (χ4n) is 3.43. The Balaban J connectivity index is 1.66. The molecule has 2 aromatic carbocycles. The highest BCUT2D eigenvalue weighted by atomic mass is 16.5. The fourth-order valence-corrected chi connectivity index (χ4v) is 3.43. The molecule has 0 saturated carbocycles. The van der Waals surface area contributed by atoms with Crippen LogP contribution in [0.15, 0.2) is 60.9 Å². The van der Waals surface area contributed by atoms with E-state index < -0.39 is 6.09 Å². The van der Waals surface area contributed by atoms with Gasteiger partial charge in [0.05, 0.1) is 12.3 Å². The first kappa shape index (κ1) is 17.8. The topological polar surface area (TPSA) is 85.3 Å². The monoisotopic (exact) mass is 376 g/mol. The smallest absolute Gasteiger partial charge is 0.411 e. The second-order valence-electron chi connectivity index (χ2n) is 6.50. The number of aromatic nitrogens is 2. The molecule has 0 unspecified atom stereocenters. The molecular weight excluding hydrogens is 356 g/mol. The van der Waals surface area contributed by atoms with Crippen molar-refractivity contribution in [3.05, 3.63) is 72.1 Å². The van der Waals surface area contributed by atoms with E-state index in [1.165, 1.54) is 0 Å². The molecule has 1 aromatic heterocycles. The maximum absolute atomic E-state index is 12.3. The second-order valence-corrected chi connectivity index (χ2v) is 6.50. The first-order chi connectivity index (χ1) is 13.6. The third-order valence-corrected chi connectivity index (χ3v) is 4.66. The molecule has 2 N–H and O–H groups in total. The Bertz CT molecular complexity index is 1010. The number of ether oxygens (including phenoxy) is 1. The number of hydrogen-bond acceptors (Lipinski definition) is 4. The van der Waals surface area contributed by atoms with Gasteiger partial charge in [-0.05, 0) is 48.4 Å². The Morgan fingerprint density at radius 1 is 1.29 bits per heavy atom. The minimum absolute atomic E-state index is 0.0599. The van der Waals surface area contributed by atoms with E-state index in [-0.39, 0.29) is 11.8 Å². The Labute approximate surface area is 162 Å². The van der Waals surface area contributed by atoms with Crippen LogP contribution >= 0.6 is 0 Å². The van der Waals surface area contributed by atoms with Gasteiger partial charge in [0, 0.05) is 36.1 Å². The van der Waals surface area contributed by atoms with Gasteiger partial charge in [-0.1, -0.05) is 18.2 Å². The highest BCUT2D eigenvalue weighted by molar-refractivity contribution is 5.97. The van der Waals surface area contributed by atoms with Gasteiger partial charge in [0.1, 0.15) is 0 Å². The van der Waals surface area contributed by atoms with Crippen LogP contribution in [0.3, 0.4) is 0 Å². The van der Waals surface area contributed by atoms with Crippen molar-refractivity contribution < 1.29 is 14.3 Å². The summed E-state index contributed by atoms with van der Waals surface area (Å²) in [6.07, 6.45) is 3.45. The van der Waals surface area contributed by atoms with Crippen molar-refractivity contribution in [3.8, 4) is 5.69 Å². The van der Waals surface area contributed by atoms with E-state index in [0.29, 0.717) is 24.4 Å². The van der Waals surface area contributed by atoms with Gasteiger partial charge in [0.2, 0.25) is 5.91 Å². The number of nitrogens with zero attached hydrogens (tertiary/aromatic N) is 2. The third kappa shape index (κ3) is 3.59. The standard InChI is InChI=1S/C21H20N4O3/c1-2-28-21(27)23-15-7-8-17-18(13-20(26)24-19(17)12-15)14-5-3-6-16(11-14)25-10-4-9-22-25/h3-12,18H,2,13H2,1H3,(H,23,27)(H,24,26)/t18-/m1/s1. The molecule has 0 saturated heterocycles. The number of amides is 2. The van der Waals surface area contributed by atoms with Crippen molar-refractivity contribution in [3.63, 3.8) is 0 Å². The summed E-state index contributed by atoms with van der Waals surface area (Å²) in [5, 5.41) is 9.84. The van der Waals surface area contributed by atoms with Crippen LogP contribution in [0.2, 0.25) is 0 Å². The van der Waals surface area contributed by atoms with E-state index in [1.807, 2.05) is 48.7 Å². The maximum Gasteiger partial charge on any atom is 0.411 e. The van der Waals surface area contributed by atoms with Crippen LogP contribution in [0.4, 0.5) is 16.2 Å². The summed E-state index contributed by atoms with van der Waals surface area (Å²) in [6.45, 7) is 2.04. The molecule has 142 valence electrons. The van der Waals surface area contributed by atoms with Gasteiger partial charge >= 0.3 is 6.09 Å². The van der Waals surface area contributed by atoms with E-state index in [0.717, 1.165) is 16.8 Å². The summed E-state index contributed by atoms with van der Waals surface area (Å²) in [5.74, 6) is -0.133. The van der Waals surface area contributed by atoms with Gasteiger partial charge in [0.15, 0.2) is 0 Å². The lowest BCUT2D eigenvalue weighted by atomic mass is 9.84. The summed E-state index contributed by atoms with van der Waals surface area (Å²) >= 11 is 0. The molecule has 0 aliphatic carbocycles. The van der Waals surface area contributed by atoms with Gasteiger partial charge in [-0.15, -0.1) is 0 Å². The number of rotatable bonds is 4. The molecule has 1 aliphatic rings. The largest absolute Gasteiger partial charge is 0.450 e. The predicted molar refractivity (Wildman–Crippen MR) is 106 cm³/mol. The minimum Gasteiger partial charge on any atom is -0.450 e. The number of carbonyl (C=O) groups excluding carboxylic acids is 2. The van der Waals surface area contributed by atoms with E-state index >= 15 is 0 Å². The zero-order valence-corrected chi connectivity index (χ0v) is 15.4. The predicted octanol–water partition coefficient (Wildman–Crippen LogP) is 3.91. The van der Waals surface area contributed by atoms with Crippen LogP contribution in [0.5, 0.6) is 0 Å². The van der Waals surface area contributed by atoms with Crippen LogP contribution in [-0.2, 0) is 9.53 Å². The van der Waals surface area contributed by atoms with Crippen LogP contribution in [-0.4, -0.2) is 28.4 Å². The maximum atomic E-state index is 12.3. The normalized spacial score (nSPS) is 15.5. The highest BCUT2D eigenvalue weighted by Gasteiger charge is 2.27. The number of nitrogens with one attached hydrogen (secondary N) is 2. The van der Waals surface area contributed by atoms with Gasteiger partial charge in [-0.2, -0.15) is 5.10 Å². The minimum atomic E-state index is -0.520. The highest BCUT2D eigenvalue weighted by Crippen LogP contribution is 2.38. The van der Waals surface area contributed by atoms with E-state index in [4.69, 9.17) is 4.74 Å². The van der Waals surface area contributed by atoms with Crippen molar-refractivity contribution in [2.45, 2.75) is 19.3 Å². The van der Waals surface area contributed by atoms with Crippen LogP contribution in [0.25, 0.3) is 5.69 Å². The molecule has 0 fully saturated rings. The Morgan fingerprint density at radius 2 is 2.18 bits per heavy atom. The number of fused-ring (bicyclic) bond motifs is 1. The van der Waals surface area contributed by atoms with Crippen molar-refractivity contribution in [1.82, 2.24) is 9.78 Å². The number of carbonyl (C=O) groups is 2. The van der Waals surface area contributed by atoms with Crippen LogP contribution in [0, 0.1) is 0 Å². The molecule has 7 nitrogen and oxygen atoms in total. The molecule has 1 atom stereocenters. The lowest BCUT2D eigenvalue weighted by Crippen LogP contribution is -2.24. The summed E-state index contributed by atoms with van der Waals surface area (Å²) in [4.78, 5) is 24.0. The van der Waals surface area contributed by atoms with E-state index in [1.54, 1.807) is 23.9 Å². The molecule has 0 radical (unpaired) electrons. The number of hydrogen-bond donors (Lipinski definition) is 2. The van der Waals surface area contributed by atoms with Crippen LogP contribution < -0.4 is 10.6 Å². The van der Waals surface area contributed by atoms with Crippen molar-refractivity contribution >= 4 is 23.4 Å². The van der Waals surface area contributed by atoms with Crippen LogP contribution in [0.1, 0.15) is 30.4 Å².